The Hall–Kier alpha value is -2.32. The van der Waals surface area contributed by atoms with Crippen LogP contribution in [0.4, 0.5) is 0 Å². The van der Waals surface area contributed by atoms with E-state index in [1.165, 1.54) is 7.11 Å². The zero-order chi connectivity index (χ0) is 19.6. The van der Waals surface area contributed by atoms with Crippen molar-refractivity contribution in [1.82, 2.24) is 20.5 Å². The van der Waals surface area contributed by atoms with Crippen LogP contribution in [0.15, 0.2) is 17.8 Å². The first-order chi connectivity index (χ1) is 12.9. The van der Waals surface area contributed by atoms with Gasteiger partial charge in [-0.2, -0.15) is 0 Å². The molecule has 0 spiro atoms. The van der Waals surface area contributed by atoms with Gasteiger partial charge < -0.3 is 14.6 Å². The molecule has 1 aromatic rings. The summed E-state index contributed by atoms with van der Waals surface area (Å²) < 4.78 is 11.0. The van der Waals surface area contributed by atoms with Crippen LogP contribution in [0.2, 0.25) is 0 Å². The van der Waals surface area contributed by atoms with Crippen LogP contribution in [0, 0.1) is 12.8 Å². The lowest BCUT2D eigenvalue weighted by Crippen LogP contribution is -2.36. The average Bonchev–Trinajstić information content (AvgIpc) is 2.96. The van der Waals surface area contributed by atoms with E-state index in [0.717, 1.165) is 47.8 Å². The van der Waals surface area contributed by atoms with Gasteiger partial charge in [0.25, 0.3) is 0 Å². The van der Waals surface area contributed by atoms with E-state index in [1.54, 1.807) is 5.01 Å². The van der Waals surface area contributed by atoms with Crippen LogP contribution in [0.25, 0.3) is 5.70 Å². The van der Waals surface area contributed by atoms with Crippen LogP contribution >= 0.6 is 0 Å². The summed E-state index contributed by atoms with van der Waals surface area (Å²) in [5.41, 5.74) is 6.23. The summed E-state index contributed by atoms with van der Waals surface area (Å²) >= 11 is 0. The molecular formula is C19H28N4O4. The van der Waals surface area contributed by atoms with Gasteiger partial charge in [-0.15, -0.1) is 5.53 Å². The number of likely N-dealkylation sites (N-methyl/N-ethyl adjacent to an activating group) is 1. The molecule has 2 N–H and O–H groups in total. The van der Waals surface area contributed by atoms with Crippen LogP contribution in [-0.4, -0.2) is 60.0 Å². The predicted molar refractivity (Wildman–Crippen MR) is 100 cm³/mol. The van der Waals surface area contributed by atoms with Crippen molar-refractivity contribution in [3.8, 4) is 5.75 Å². The molecule has 1 aromatic heterocycles. The lowest BCUT2D eigenvalue weighted by atomic mass is 9.87. The SMILES string of the molecule is COC(=O)[C@@H]1CCC[C@H](Oc2ccc(C3=C(CO)N(C)NN3C)nc2C)C1. The van der Waals surface area contributed by atoms with Gasteiger partial charge in [-0.3, -0.25) is 14.8 Å². The number of aryl methyl sites for hydroxylation is 1. The monoisotopic (exact) mass is 376 g/mol. The lowest BCUT2D eigenvalue weighted by molar-refractivity contribution is -0.147. The minimum atomic E-state index is -0.155. The molecule has 1 aliphatic heterocycles. The zero-order valence-electron chi connectivity index (χ0n) is 16.4. The fourth-order valence-electron chi connectivity index (χ4n) is 3.81. The number of aromatic nitrogens is 1. The third kappa shape index (κ3) is 4.01. The van der Waals surface area contributed by atoms with Crippen LogP contribution in [0.1, 0.15) is 37.1 Å². The van der Waals surface area contributed by atoms with Gasteiger partial charge in [0.2, 0.25) is 0 Å². The molecule has 148 valence electrons. The summed E-state index contributed by atoms with van der Waals surface area (Å²) in [6.07, 6.45) is 3.39. The summed E-state index contributed by atoms with van der Waals surface area (Å²) in [6, 6.07) is 3.80. The Balaban J connectivity index is 1.76. The summed E-state index contributed by atoms with van der Waals surface area (Å²) in [7, 11) is 5.16. The summed E-state index contributed by atoms with van der Waals surface area (Å²) in [5, 5.41) is 13.3. The highest BCUT2D eigenvalue weighted by molar-refractivity contribution is 5.72. The molecule has 2 aliphatic rings. The van der Waals surface area contributed by atoms with Crippen molar-refractivity contribution in [2.75, 3.05) is 27.8 Å². The number of hydrazine groups is 2. The molecule has 1 aliphatic carbocycles. The van der Waals surface area contributed by atoms with E-state index in [4.69, 9.17) is 9.47 Å². The van der Waals surface area contributed by atoms with Crippen LogP contribution in [0.5, 0.6) is 5.75 Å². The summed E-state index contributed by atoms with van der Waals surface area (Å²) in [6.45, 7) is 1.82. The number of nitrogens with zero attached hydrogens (tertiary/aromatic N) is 3. The lowest BCUT2D eigenvalue weighted by Gasteiger charge is -2.28. The molecule has 0 saturated heterocycles. The van der Waals surface area contributed by atoms with Gasteiger partial charge >= 0.3 is 5.97 Å². The number of pyridine rings is 1. The fourth-order valence-corrected chi connectivity index (χ4v) is 3.81. The third-order valence-electron chi connectivity index (χ3n) is 5.20. The number of carbonyl (C=O) groups is 1. The Bertz CT molecular complexity index is 736. The van der Waals surface area contributed by atoms with Gasteiger partial charge in [-0.05, 0) is 44.7 Å². The first kappa shape index (κ1) is 19.4. The number of hydrogen-bond donors (Lipinski definition) is 2. The number of carbonyl (C=O) groups excluding carboxylic acids is 1. The quantitative estimate of drug-likeness (QED) is 0.747. The molecule has 2 heterocycles. The van der Waals surface area contributed by atoms with Gasteiger partial charge in [-0.25, -0.2) is 4.98 Å². The first-order valence-electron chi connectivity index (χ1n) is 9.24. The number of methoxy groups -OCH3 is 1. The summed E-state index contributed by atoms with van der Waals surface area (Å²) in [4.78, 5) is 16.5. The molecule has 0 amide bonds. The Morgan fingerprint density at radius 1 is 1.33 bits per heavy atom. The average molecular weight is 376 g/mol. The third-order valence-corrected chi connectivity index (χ3v) is 5.20. The van der Waals surface area contributed by atoms with Crippen molar-refractivity contribution < 1.29 is 19.4 Å². The number of rotatable bonds is 5. The molecule has 3 rings (SSSR count). The van der Waals surface area contributed by atoms with E-state index in [9.17, 15) is 9.90 Å². The van der Waals surface area contributed by atoms with E-state index >= 15 is 0 Å². The Labute approximate surface area is 159 Å². The Morgan fingerprint density at radius 3 is 2.78 bits per heavy atom. The van der Waals surface area contributed by atoms with Crippen LogP contribution < -0.4 is 10.3 Å². The topological polar surface area (TPSA) is 87.2 Å². The van der Waals surface area contributed by atoms with Crippen molar-refractivity contribution in [2.24, 2.45) is 5.92 Å². The molecule has 0 aromatic carbocycles. The van der Waals surface area contributed by atoms with E-state index in [2.05, 4.69) is 10.5 Å². The van der Waals surface area contributed by atoms with Crippen molar-refractivity contribution in [1.29, 1.82) is 0 Å². The number of aliphatic hydroxyl groups is 1. The number of nitrogens with one attached hydrogen (secondary N) is 1. The molecule has 1 fully saturated rings. The molecule has 8 nitrogen and oxygen atoms in total. The van der Waals surface area contributed by atoms with Crippen molar-refractivity contribution in [3.63, 3.8) is 0 Å². The smallest absolute Gasteiger partial charge is 0.308 e. The maximum Gasteiger partial charge on any atom is 0.308 e. The standard InChI is InChI=1S/C19H28N4O4/c1-12-17(27-14-7-5-6-13(10-14)19(25)26-4)9-8-15(20-12)18-16(11-24)22(2)21-23(18)3/h8-9,13-14,21,24H,5-7,10-11H2,1-4H3/t13-,14+/m1/s1. The first-order valence-corrected chi connectivity index (χ1v) is 9.24. The van der Waals surface area contributed by atoms with Gasteiger partial charge in [0.15, 0.2) is 0 Å². The Morgan fingerprint density at radius 2 is 2.11 bits per heavy atom. The molecule has 0 unspecified atom stereocenters. The number of ether oxygens (including phenoxy) is 2. The summed E-state index contributed by atoms with van der Waals surface area (Å²) in [5.74, 6) is 0.479. The van der Waals surface area contributed by atoms with Crippen molar-refractivity contribution in [2.45, 2.75) is 38.7 Å². The van der Waals surface area contributed by atoms with Gasteiger partial charge in [-0.1, -0.05) is 0 Å². The normalized spacial score (nSPS) is 23.0. The molecule has 0 bridgehead atoms. The molecule has 27 heavy (non-hydrogen) atoms. The maximum atomic E-state index is 11.8. The molecule has 0 radical (unpaired) electrons. The van der Waals surface area contributed by atoms with Crippen LogP contribution in [0.3, 0.4) is 0 Å². The highest BCUT2D eigenvalue weighted by Crippen LogP contribution is 2.31. The van der Waals surface area contributed by atoms with Gasteiger partial charge in [0, 0.05) is 14.1 Å². The molecule has 2 atom stereocenters. The van der Waals surface area contributed by atoms with Crippen molar-refractivity contribution in [3.05, 3.63) is 29.2 Å². The number of hydrogen-bond acceptors (Lipinski definition) is 8. The predicted octanol–water partition coefficient (Wildman–Crippen LogP) is 1.46. The second-order valence-corrected chi connectivity index (χ2v) is 7.08. The zero-order valence-corrected chi connectivity index (χ0v) is 16.4. The molecule has 1 saturated carbocycles. The minimum absolute atomic E-state index is 0.0108. The van der Waals surface area contributed by atoms with Gasteiger partial charge in [0.05, 0.1) is 42.8 Å². The van der Waals surface area contributed by atoms with Crippen molar-refractivity contribution >= 4 is 11.7 Å². The molecular weight excluding hydrogens is 348 g/mol. The largest absolute Gasteiger partial charge is 0.489 e. The highest BCUT2D eigenvalue weighted by Gasteiger charge is 2.30. The van der Waals surface area contributed by atoms with E-state index in [1.807, 2.05) is 38.2 Å². The van der Waals surface area contributed by atoms with Crippen LogP contribution in [-0.2, 0) is 9.53 Å². The maximum absolute atomic E-state index is 11.8. The number of esters is 1. The van der Waals surface area contributed by atoms with Gasteiger partial charge in [0.1, 0.15) is 11.4 Å². The second kappa shape index (κ2) is 8.14. The number of aliphatic hydroxyl groups excluding tert-OH is 1. The minimum Gasteiger partial charge on any atom is -0.489 e. The second-order valence-electron chi connectivity index (χ2n) is 7.08. The fraction of sp³-hybridized carbons (Fsp3) is 0.579. The highest BCUT2D eigenvalue weighted by atomic mass is 16.5. The van der Waals surface area contributed by atoms with E-state index < -0.39 is 0 Å². The Kier molecular flexibility index (Phi) is 5.86. The van der Waals surface area contributed by atoms with E-state index in [0.29, 0.717) is 6.42 Å². The van der Waals surface area contributed by atoms with E-state index in [-0.39, 0.29) is 24.6 Å². The molecule has 8 heteroatoms.